The smallest absolute Gasteiger partial charge is 0.119 e. The van der Waals surface area contributed by atoms with E-state index in [9.17, 15) is 0 Å². The Labute approximate surface area is 118 Å². The standard InChI is InChI=1S/C17H18N2O/c1-19-11-14(12-20-15-5-3-2-4-6-15)16-8-7-13(10-18)9-17(16)19/h2-9,11H,10,12,18H2,1H3. The van der Waals surface area contributed by atoms with E-state index in [0.717, 1.165) is 11.3 Å². The summed E-state index contributed by atoms with van der Waals surface area (Å²) in [5.41, 5.74) is 9.23. The van der Waals surface area contributed by atoms with Gasteiger partial charge >= 0.3 is 0 Å². The fourth-order valence-electron chi connectivity index (χ4n) is 2.43. The van der Waals surface area contributed by atoms with Crippen LogP contribution >= 0.6 is 0 Å². The van der Waals surface area contributed by atoms with Crippen LogP contribution in [0.1, 0.15) is 11.1 Å². The summed E-state index contributed by atoms with van der Waals surface area (Å²) in [6, 6.07) is 16.2. The van der Waals surface area contributed by atoms with E-state index in [4.69, 9.17) is 10.5 Å². The second-order valence-electron chi connectivity index (χ2n) is 4.92. The molecule has 0 saturated heterocycles. The lowest BCUT2D eigenvalue weighted by atomic mass is 10.1. The van der Waals surface area contributed by atoms with Gasteiger partial charge in [-0.2, -0.15) is 0 Å². The Morgan fingerprint density at radius 1 is 1.10 bits per heavy atom. The molecule has 0 aliphatic rings. The summed E-state index contributed by atoms with van der Waals surface area (Å²) in [6.45, 7) is 1.14. The molecule has 2 aromatic carbocycles. The van der Waals surface area contributed by atoms with E-state index in [1.54, 1.807) is 0 Å². The first-order valence-corrected chi connectivity index (χ1v) is 6.72. The average Bonchev–Trinajstić information content (AvgIpc) is 2.82. The third kappa shape index (κ3) is 2.40. The summed E-state index contributed by atoms with van der Waals surface area (Å²) in [4.78, 5) is 0. The average molecular weight is 266 g/mol. The van der Waals surface area contributed by atoms with Crippen molar-refractivity contribution in [1.29, 1.82) is 0 Å². The van der Waals surface area contributed by atoms with Gasteiger partial charge in [-0.1, -0.05) is 30.3 Å². The lowest BCUT2D eigenvalue weighted by Gasteiger charge is -2.05. The van der Waals surface area contributed by atoms with Gasteiger partial charge in [0.25, 0.3) is 0 Å². The minimum Gasteiger partial charge on any atom is -0.489 e. The van der Waals surface area contributed by atoms with Crippen molar-refractivity contribution in [2.75, 3.05) is 0 Å². The molecule has 2 N–H and O–H groups in total. The van der Waals surface area contributed by atoms with Crippen LogP contribution in [-0.4, -0.2) is 4.57 Å². The highest BCUT2D eigenvalue weighted by Crippen LogP contribution is 2.23. The third-order valence-corrected chi connectivity index (χ3v) is 3.51. The first kappa shape index (κ1) is 12.8. The number of nitrogens with two attached hydrogens (primary N) is 1. The topological polar surface area (TPSA) is 40.2 Å². The summed E-state index contributed by atoms with van der Waals surface area (Å²) in [5.74, 6) is 0.892. The van der Waals surface area contributed by atoms with E-state index in [1.165, 1.54) is 16.5 Å². The third-order valence-electron chi connectivity index (χ3n) is 3.51. The molecule has 0 amide bonds. The predicted molar refractivity (Wildman–Crippen MR) is 81.6 cm³/mol. The summed E-state index contributed by atoms with van der Waals surface area (Å²) < 4.78 is 7.96. The number of rotatable bonds is 4. The Morgan fingerprint density at radius 3 is 2.65 bits per heavy atom. The SMILES string of the molecule is Cn1cc(COc2ccccc2)c2ccc(CN)cc21. The maximum atomic E-state index is 5.83. The largest absolute Gasteiger partial charge is 0.489 e. The molecule has 0 atom stereocenters. The van der Waals surface area contributed by atoms with E-state index < -0.39 is 0 Å². The summed E-state index contributed by atoms with van der Waals surface area (Å²) in [5, 5.41) is 1.22. The van der Waals surface area contributed by atoms with Gasteiger partial charge in [0.2, 0.25) is 0 Å². The van der Waals surface area contributed by atoms with E-state index >= 15 is 0 Å². The van der Waals surface area contributed by atoms with Gasteiger partial charge in [0.1, 0.15) is 12.4 Å². The lowest BCUT2D eigenvalue weighted by molar-refractivity contribution is 0.307. The minimum absolute atomic E-state index is 0.566. The molecule has 3 aromatic rings. The van der Waals surface area contributed by atoms with E-state index in [2.05, 4.69) is 36.0 Å². The Bertz CT molecular complexity index is 716. The van der Waals surface area contributed by atoms with Crippen molar-refractivity contribution in [3.05, 3.63) is 65.9 Å². The molecule has 0 spiro atoms. The van der Waals surface area contributed by atoms with Crippen LogP contribution in [0.5, 0.6) is 5.75 Å². The van der Waals surface area contributed by atoms with Crippen molar-refractivity contribution in [3.8, 4) is 5.75 Å². The van der Waals surface area contributed by atoms with Gasteiger partial charge in [-0.05, 0) is 23.8 Å². The van der Waals surface area contributed by atoms with Crippen molar-refractivity contribution < 1.29 is 4.74 Å². The molecule has 1 heterocycles. The number of ether oxygens (including phenoxy) is 1. The molecule has 0 bridgehead atoms. The molecular weight excluding hydrogens is 248 g/mol. The van der Waals surface area contributed by atoms with Crippen LogP contribution in [0.3, 0.4) is 0 Å². The van der Waals surface area contributed by atoms with Crippen LogP contribution in [0.2, 0.25) is 0 Å². The van der Waals surface area contributed by atoms with Crippen LogP contribution in [0.15, 0.2) is 54.7 Å². The van der Waals surface area contributed by atoms with Gasteiger partial charge in [0.05, 0.1) is 0 Å². The number of aryl methyl sites for hydroxylation is 1. The number of hydrogen-bond acceptors (Lipinski definition) is 2. The van der Waals surface area contributed by atoms with Crippen molar-refractivity contribution in [3.63, 3.8) is 0 Å². The molecule has 0 aliphatic heterocycles. The first-order valence-electron chi connectivity index (χ1n) is 6.72. The van der Waals surface area contributed by atoms with Gasteiger partial charge in [0.15, 0.2) is 0 Å². The highest BCUT2D eigenvalue weighted by molar-refractivity contribution is 5.84. The van der Waals surface area contributed by atoms with Crippen molar-refractivity contribution in [1.82, 2.24) is 4.57 Å². The Kier molecular flexibility index (Phi) is 3.44. The molecule has 0 fully saturated rings. The van der Waals surface area contributed by atoms with E-state index in [0.29, 0.717) is 13.2 Å². The van der Waals surface area contributed by atoms with Gasteiger partial charge in [0, 0.05) is 36.3 Å². The van der Waals surface area contributed by atoms with Crippen LogP contribution < -0.4 is 10.5 Å². The number of fused-ring (bicyclic) bond motifs is 1. The molecule has 102 valence electrons. The molecule has 3 heteroatoms. The number of nitrogens with zero attached hydrogens (tertiary/aromatic N) is 1. The number of aromatic nitrogens is 1. The summed E-state index contributed by atoms with van der Waals surface area (Å²) in [7, 11) is 2.05. The predicted octanol–water partition coefficient (Wildman–Crippen LogP) is 3.22. The van der Waals surface area contributed by atoms with Crippen molar-refractivity contribution in [2.24, 2.45) is 12.8 Å². The first-order chi connectivity index (χ1) is 9.78. The van der Waals surface area contributed by atoms with Crippen LogP contribution in [-0.2, 0) is 20.2 Å². The zero-order valence-electron chi connectivity index (χ0n) is 11.5. The maximum absolute atomic E-state index is 5.83. The monoisotopic (exact) mass is 266 g/mol. The molecule has 1 aromatic heterocycles. The number of para-hydroxylation sites is 1. The van der Waals surface area contributed by atoms with Crippen molar-refractivity contribution in [2.45, 2.75) is 13.2 Å². The van der Waals surface area contributed by atoms with Crippen LogP contribution in [0.4, 0.5) is 0 Å². The Hall–Kier alpha value is -2.26. The minimum atomic E-state index is 0.566. The van der Waals surface area contributed by atoms with Crippen molar-refractivity contribution >= 4 is 10.9 Å². The van der Waals surface area contributed by atoms with Gasteiger partial charge in [-0.15, -0.1) is 0 Å². The zero-order chi connectivity index (χ0) is 13.9. The molecule has 0 saturated carbocycles. The van der Waals surface area contributed by atoms with E-state index in [-0.39, 0.29) is 0 Å². The number of hydrogen-bond donors (Lipinski definition) is 1. The van der Waals surface area contributed by atoms with E-state index in [1.807, 2.05) is 30.3 Å². The highest BCUT2D eigenvalue weighted by atomic mass is 16.5. The lowest BCUT2D eigenvalue weighted by Crippen LogP contribution is -1.96. The summed E-state index contributed by atoms with van der Waals surface area (Å²) in [6.07, 6.45) is 2.12. The summed E-state index contributed by atoms with van der Waals surface area (Å²) >= 11 is 0. The second kappa shape index (κ2) is 5.39. The Morgan fingerprint density at radius 2 is 1.90 bits per heavy atom. The highest BCUT2D eigenvalue weighted by Gasteiger charge is 2.07. The molecular formula is C17H18N2O. The quantitative estimate of drug-likeness (QED) is 0.787. The normalized spacial score (nSPS) is 10.9. The maximum Gasteiger partial charge on any atom is 0.119 e. The zero-order valence-corrected chi connectivity index (χ0v) is 11.5. The molecule has 3 rings (SSSR count). The number of benzene rings is 2. The Balaban J connectivity index is 1.88. The second-order valence-corrected chi connectivity index (χ2v) is 4.92. The van der Waals surface area contributed by atoms with Gasteiger partial charge < -0.3 is 15.0 Å². The molecule has 20 heavy (non-hydrogen) atoms. The molecule has 0 unspecified atom stereocenters. The fourth-order valence-corrected chi connectivity index (χ4v) is 2.43. The van der Waals surface area contributed by atoms with Gasteiger partial charge in [-0.3, -0.25) is 0 Å². The molecule has 0 radical (unpaired) electrons. The fraction of sp³-hybridized carbons (Fsp3) is 0.176. The molecule has 3 nitrogen and oxygen atoms in total. The van der Waals surface area contributed by atoms with Gasteiger partial charge in [-0.25, -0.2) is 0 Å². The molecule has 0 aliphatic carbocycles. The van der Waals surface area contributed by atoms with Crippen LogP contribution in [0, 0.1) is 0 Å². The van der Waals surface area contributed by atoms with Crippen LogP contribution in [0.25, 0.3) is 10.9 Å².